The van der Waals surface area contributed by atoms with Crippen molar-refractivity contribution in [3.63, 3.8) is 0 Å². The molecule has 3 aromatic rings. The minimum Gasteiger partial charge on any atom is -0.497 e. The van der Waals surface area contributed by atoms with E-state index >= 15 is 0 Å². The Kier molecular flexibility index (Phi) is 4.93. The molecule has 28 heavy (non-hydrogen) atoms. The van der Waals surface area contributed by atoms with Crippen LogP contribution >= 0.6 is 0 Å². The van der Waals surface area contributed by atoms with Crippen molar-refractivity contribution in [2.24, 2.45) is 0 Å². The van der Waals surface area contributed by atoms with Crippen LogP contribution in [0.4, 0.5) is 17.3 Å². The number of benzene rings is 2. The summed E-state index contributed by atoms with van der Waals surface area (Å²) >= 11 is 0. The molecule has 1 N–H and O–H groups in total. The standard InChI is InChI=1S/C22H22N4O2/c1-15-13-19(21(27)24-17-9-5-10-18(14-17)28-2)25-22(23-15)26-12-6-8-16-7-3-4-11-20(16)26/h3-5,7,9-11,13-14H,6,8,12H2,1-2H3,(H,24,27). The number of carbonyl (C=O) groups excluding carboxylic acids is 1. The van der Waals surface area contributed by atoms with Gasteiger partial charge in [0.25, 0.3) is 5.91 Å². The van der Waals surface area contributed by atoms with Crippen LogP contribution in [0.25, 0.3) is 0 Å². The van der Waals surface area contributed by atoms with Crippen LogP contribution in [-0.2, 0) is 6.42 Å². The number of methoxy groups -OCH3 is 1. The van der Waals surface area contributed by atoms with Crippen LogP contribution in [0.15, 0.2) is 54.6 Å². The first-order valence-electron chi connectivity index (χ1n) is 9.30. The first kappa shape index (κ1) is 18.0. The largest absolute Gasteiger partial charge is 0.497 e. The Balaban J connectivity index is 1.63. The highest BCUT2D eigenvalue weighted by molar-refractivity contribution is 6.03. The molecule has 0 spiro atoms. The zero-order valence-electron chi connectivity index (χ0n) is 16.0. The minimum absolute atomic E-state index is 0.273. The predicted octanol–water partition coefficient (Wildman–Crippen LogP) is 4.13. The molecule has 2 aromatic carbocycles. The molecule has 0 aliphatic carbocycles. The van der Waals surface area contributed by atoms with Gasteiger partial charge in [0, 0.05) is 29.7 Å². The topological polar surface area (TPSA) is 67.3 Å². The molecule has 1 aliphatic rings. The van der Waals surface area contributed by atoms with Gasteiger partial charge in [-0.25, -0.2) is 9.97 Å². The number of amides is 1. The molecule has 142 valence electrons. The van der Waals surface area contributed by atoms with E-state index in [4.69, 9.17) is 4.74 Å². The van der Waals surface area contributed by atoms with Crippen LogP contribution < -0.4 is 15.0 Å². The number of hydrogen-bond acceptors (Lipinski definition) is 5. The molecule has 0 saturated heterocycles. The number of aromatic nitrogens is 2. The molecule has 0 unspecified atom stereocenters. The van der Waals surface area contributed by atoms with Crippen molar-refractivity contribution in [2.45, 2.75) is 19.8 Å². The summed E-state index contributed by atoms with van der Waals surface area (Å²) in [5.74, 6) is 0.968. The number of fused-ring (bicyclic) bond motifs is 1. The van der Waals surface area contributed by atoms with Crippen LogP contribution in [0, 0.1) is 6.92 Å². The number of nitrogens with zero attached hydrogens (tertiary/aromatic N) is 3. The summed E-state index contributed by atoms with van der Waals surface area (Å²) in [6.07, 6.45) is 2.07. The lowest BCUT2D eigenvalue weighted by atomic mass is 10.0. The van der Waals surface area contributed by atoms with Gasteiger partial charge in [-0.3, -0.25) is 4.79 Å². The first-order valence-corrected chi connectivity index (χ1v) is 9.30. The summed E-state index contributed by atoms with van der Waals surface area (Å²) in [6, 6.07) is 17.2. The monoisotopic (exact) mass is 374 g/mol. The van der Waals surface area contributed by atoms with E-state index in [0.717, 1.165) is 30.8 Å². The van der Waals surface area contributed by atoms with Gasteiger partial charge < -0.3 is 15.0 Å². The van der Waals surface area contributed by atoms with Crippen molar-refractivity contribution in [1.29, 1.82) is 0 Å². The van der Waals surface area contributed by atoms with Crippen molar-refractivity contribution in [1.82, 2.24) is 9.97 Å². The van der Waals surface area contributed by atoms with Crippen molar-refractivity contribution in [3.05, 3.63) is 71.5 Å². The van der Waals surface area contributed by atoms with Crippen LogP contribution in [0.2, 0.25) is 0 Å². The molecule has 0 bridgehead atoms. The van der Waals surface area contributed by atoms with E-state index in [0.29, 0.717) is 23.1 Å². The number of ether oxygens (including phenoxy) is 1. The second kappa shape index (κ2) is 7.68. The third-order valence-electron chi connectivity index (χ3n) is 4.75. The van der Waals surface area contributed by atoms with Crippen LogP contribution in [0.1, 0.15) is 28.2 Å². The molecule has 0 atom stereocenters. The first-order chi connectivity index (χ1) is 13.6. The lowest BCUT2D eigenvalue weighted by molar-refractivity contribution is 0.102. The Hall–Kier alpha value is -3.41. The fourth-order valence-corrected chi connectivity index (χ4v) is 3.43. The van der Waals surface area contributed by atoms with E-state index in [9.17, 15) is 4.79 Å². The van der Waals surface area contributed by atoms with E-state index in [1.807, 2.05) is 37.3 Å². The summed E-state index contributed by atoms with van der Waals surface area (Å²) in [4.78, 5) is 24.0. The van der Waals surface area contributed by atoms with Gasteiger partial charge in [0.05, 0.1) is 7.11 Å². The number of carbonyl (C=O) groups is 1. The van der Waals surface area contributed by atoms with Gasteiger partial charge in [-0.1, -0.05) is 24.3 Å². The van der Waals surface area contributed by atoms with Gasteiger partial charge in [0.15, 0.2) is 0 Å². The zero-order valence-corrected chi connectivity index (χ0v) is 16.0. The number of hydrogen-bond donors (Lipinski definition) is 1. The Labute approximate surface area is 164 Å². The fourth-order valence-electron chi connectivity index (χ4n) is 3.43. The number of para-hydroxylation sites is 1. The van der Waals surface area contributed by atoms with Crippen molar-refractivity contribution in [3.8, 4) is 5.75 Å². The molecule has 6 heteroatoms. The average molecular weight is 374 g/mol. The molecule has 0 fully saturated rings. The minimum atomic E-state index is -0.273. The van der Waals surface area contributed by atoms with Gasteiger partial charge in [-0.15, -0.1) is 0 Å². The van der Waals surface area contributed by atoms with Crippen LogP contribution in [0.3, 0.4) is 0 Å². The SMILES string of the molecule is COc1cccc(NC(=O)c2cc(C)nc(N3CCCc4ccccc43)n2)c1. The predicted molar refractivity (Wildman–Crippen MR) is 109 cm³/mol. The van der Waals surface area contributed by atoms with Gasteiger partial charge in [-0.2, -0.15) is 0 Å². The lowest BCUT2D eigenvalue weighted by Gasteiger charge is -2.29. The maximum Gasteiger partial charge on any atom is 0.274 e. The summed E-state index contributed by atoms with van der Waals surface area (Å²) in [5, 5.41) is 2.88. The van der Waals surface area contributed by atoms with Gasteiger partial charge in [0.2, 0.25) is 5.95 Å². The number of rotatable bonds is 4. The highest BCUT2D eigenvalue weighted by atomic mass is 16.5. The van der Waals surface area contributed by atoms with Gasteiger partial charge >= 0.3 is 0 Å². The zero-order chi connectivity index (χ0) is 19.5. The Bertz CT molecular complexity index is 1020. The molecule has 1 aromatic heterocycles. The highest BCUT2D eigenvalue weighted by Gasteiger charge is 2.21. The summed E-state index contributed by atoms with van der Waals surface area (Å²) < 4.78 is 5.21. The summed E-state index contributed by atoms with van der Waals surface area (Å²) in [7, 11) is 1.59. The third-order valence-corrected chi connectivity index (χ3v) is 4.75. The molecule has 1 amide bonds. The second-order valence-corrected chi connectivity index (χ2v) is 6.76. The average Bonchev–Trinajstić information content (AvgIpc) is 2.73. The van der Waals surface area contributed by atoms with E-state index < -0.39 is 0 Å². The van der Waals surface area contributed by atoms with Crippen LogP contribution in [-0.4, -0.2) is 29.5 Å². The van der Waals surface area contributed by atoms with Gasteiger partial charge in [-0.05, 0) is 49.6 Å². The molecule has 1 aliphatic heterocycles. The Morgan fingerprint density at radius 3 is 2.82 bits per heavy atom. The summed E-state index contributed by atoms with van der Waals surface area (Å²) in [6.45, 7) is 2.71. The molecule has 0 radical (unpaired) electrons. The highest BCUT2D eigenvalue weighted by Crippen LogP contribution is 2.31. The van der Waals surface area contributed by atoms with E-state index in [2.05, 4.69) is 32.3 Å². The lowest BCUT2D eigenvalue weighted by Crippen LogP contribution is -2.27. The summed E-state index contributed by atoms with van der Waals surface area (Å²) in [5.41, 5.74) is 4.14. The van der Waals surface area contributed by atoms with E-state index in [1.165, 1.54) is 5.56 Å². The molecule has 6 nitrogen and oxygen atoms in total. The normalized spacial score (nSPS) is 13.0. The molecular weight excluding hydrogens is 352 g/mol. The fraction of sp³-hybridized carbons (Fsp3) is 0.227. The van der Waals surface area contributed by atoms with Crippen molar-refractivity contribution in [2.75, 3.05) is 23.9 Å². The maximum atomic E-state index is 12.8. The van der Waals surface area contributed by atoms with Crippen LogP contribution in [0.5, 0.6) is 5.75 Å². The molecule has 0 saturated carbocycles. The number of anilines is 3. The van der Waals surface area contributed by atoms with Gasteiger partial charge in [0.1, 0.15) is 11.4 Å². The third kappa shape index (κ3) is 3.67. The van der Waals surface area contributed by atoms with Crippen molar-refractivity contribution < 1.29 is 9.53 Å². The number of nitrogens with one attached hydrogen (secondary N) is 1. The molecular formula is C22H22N4O2. The van der Waals surface area contributed by atoms with E-state index in [1.54, 1.807) is 19.2 Å². The molecule has 4 rings (SSSR count). The van der Waals surface area contributed by atoms with Crippen molar-refractivity contribution >= 4 is 23.2 Å². The van der Waals surface area contributed by atoms with E-state index in [-0.39, 0.29) is 5.91 Å². The maximum absolute atomic E-state index is 12.8. The Morgan fingerprint density at radius 1 is 1.11 bits per heavy atom. The Morgan fingerprint density at radius 2 is 1.96 bits per heavy atom. The second-order valence-electron chi connectivity index (χ2n) is 6.76. The molecule has 2 heterocycles. The smallest absolute Gasteiger partial charge is 0.274 e. The quantitative estimate of drug-likeness (QED) is 0.744. The number of aryl methyl sites for hydroxylation is 2.